The van der Waals surface area contributed by atoms with E-state index >= 15 is 0 Å². The molecule has 0 heterocycles. The topological polar surface area (TPSA) is 0 Å². The molecule has 36 heavy (non-hydrogen) atoms. The van der Waals surface area contributed by atoms with Gasteiger partial charge in [0.15, 0.2) is 0 Å². The van der Waals surface area contributed by atoms with Crippen molar-refractivity contribution < 1.29 is 0 Å². The predicted octanol–water partition coefficient (Wildman–Crippen LogP) is 14.1. The molecule has 0 spiro atoms. The third kappa shape index (κ3) is 30.0. The molecule has 0 fully saturated rings. The van der Waals surface area contributed by atoms with Crippen LogP contribution in [0.1, 0.15) is 220 Å². The third-order valence-corrected chi connectivity index (χ3v) is 8.19. The van der Waals surface area contributed by atoms with Crippen LogP contribution in [0.15, 0.2) is 11.6 Å². The normalized spacial score (nSPS) is 12.0. The van der Waals surface area contributed by atoms with Crippen LogP contribution in [0.5, 0.6) is 0 Å². The first-order valence-electron chi connectivity index (χ1n) is 17.5. The van der Waals surface area contributed by atoms with Gasteiger partial charge in [-0.3, -0.25) is 0 Å². The Morgan fingerprint density at radius 2 is 0.556 bits per heavy atom. The fourth-order valence-corrected chi connectivity index (χ4v) is 5.59. The molecule has 0 bridgehead atoms. The van der Waals surface area contributed by atoms with Crippen LogP contribution in [-0.2, 0) is 0 Å². The van der Waals surface area contributed by atoms with Crippen molar-refractivity contribution in [1.82, 2.24) is 0 Å². The van der Waals surface area contributed by atoms with Gasteiger partial charge in [-0.2, -0.15) is 0 Å². The summed E-state index contributed by atoms with van der Waals surface area (Å²) in [6.45, 7) is 6.95. The molecule has 0 heteroatoms. The molecule has 0 aliphatic carbocycles. The second-order valence-electron chi connectivity index (χ2n) is 12.0. The highest BCUT2D eigenvalue weighted by Gasteiger charge is 2.01. The lowest BCUT2D eigenvalue weighted by Crippen LogP contribution is -1.89. The summed E-state index contributed by atoms with van der Waals surface area (Å²) in [5, 5.41) is 0. The van der Waals surface area contributed by atoms with E-state index < -0.39 is 0 Å². The summed E-state index contributed by atoms with van der Waals surface area (Å²) in [6, 6.07) is 0. The van der Waals surface area contributed by atoms with Gasteiger partial charge in [-0.15, -0.1) is 0 Å². The van der Waals surface area contributed by atoms with Crippen LogP contribution in [0.3, 0.4) is 0 Å². The number of hydrogen-bond acceptors (Lipinski definition) is 0. The maximum Gasteiger partial charge on any atom is -0.0320 e. The second kappa shape index (κ2) is 32.8. The van der Waals surface area contributed by atoms with Gasteiger partial charge in [0.25, 0.3) is 0 Å². The summed E-state index contributed by atoms with van der Waals surface area (Å²) in [6.07, 6.45) is 47.4. The average Bonchev–Trinajstić information content (AvgIpc) is 2.89. The molecule has 0 unspecified atom stereocenters. The SMILES string of the molecule is CCCCCCCC/C=C(\CCCCCCCC)CCCCCCCCCCCCCCCCCC. The Morgan fingerprint density at radius 1 is 0.306 bits per heavy atom. The maximum absolute atomic E-state index is 2.66. The van der Waals surface area contributed by atoms with E-state index in [1.54, 1.807) is 0 Å². The van der Waals surface area contributed by atoms with Crippen molar-refractivity contribution in [2.75, 3.05) is 0 Å². The van der Waals surface area contributed by atoms with Gasteiger partial charge in [-0.1, -0.05) is 193 Å². The Kier molecular flexibility index (Phi) is 32.5. The summed E-state index contributed by atoms with van der Waals surface area (Å²) in [5.41, 5.74) is 1.81. The fourth-order valence-electron chi connectivity index (χ4n) is 5.59. The summed E-state index contributed by atoms with van der Waals surface area (Å²) in [5.74, 6) is 0. The minimum atomic E-state index is 1.34. The smallest absolute Gasteiger partial charge is 0.0320 e. The molecule has 0 rings (SSSR count). The molecular weight excluding hydrogens is 432 g/mol. The summed E-state index contributed by atoms with van der Waals surface area (Å²) in [4.78, 5) is 0. The van der Waals surface area contributed by atoms with Gasteiger partial charge in [0, 0.05) is 0 Å². The number of allylic oxidation sites excluding steroid dienone is 2. The van der Waals surface area contributed by atoms with E-state index in [-0.39, 0.29) is 0 Å². The van der Waals surface area contributed by atoms with E-state index in [9.17, 15) is 0 Å². The molecule has 0 aromatic rings. The van der Waals surface area contributed by atoms with Crippen molar-refractivity contribution in [2.24, 2.45) is 0 Å². The summed E-state index contributed by atoms with van der Waals surface area (Å²) >= 11 is 0. The number of unbranched alkanes of at least 4 members (excludes halogenated alkanes) is 26. The van der Waals surface area contributed by atoms with Gasteiger partial charge in [0.05, 0.1) is 0 Å². The molecule has 0 aromatic heterocycles. The Balaban J connectivity index is 3.73. The quantitative estimate of drug-likeness (QED) is 0.0650. The third-order valence-electron chi connectivity index (χ3n) is 8.19. The van der Waals surface area contributed by atoms with Gasteiger partial charge in [-0.25, -0.2) is 0 Å². The zero-order valence-electron chi connectivity index (χ0n) is 26.0. The summed E-state index contributed by atoms with van der Waals surface area (Å²) in [7, 11) is 0. The van der Waals surface area contributed by atoms with Crippen molar-refractivity contribution >= 4 is 0 Å². The van der Waals surface area contributed by atoms with Gasteiger partial charge >= 0.3 is 0 Å². The Labute approximate surface area is 231 Å². The zero-order chi connectivity index (χ0) is 26.2. The van der Waals surface area contributed by atoms with E-state index in [0.717, 1.165) is 0 Å². The van der Waals surface area contributed by atoms with E-state index in [4.69, 9.17) is 0 Å². The minimum Gasteiger partial charge on any atom is -0.0853 e. The molecule has 0 aliphatic rings. The fraction of sp³-hybridized carbons (Fsp3) is 0.944. The molecule has 216 valence electrons. The first-order valence-corrected chi connectivity index (χ1v) is 17.5. The van der Waals surface area contributed by atoms with Gasteiger partial charge in [0.2, 0.25) is 0 Å². The molecular formula is C36H72. The van der Waals surface area contributed by atoms with Crippen molar-refractivity contribution in [3.8, 4) is 0 Å². The largest absolute Gasteiger partial charge is 0.0853 e. The number of rotatable bonds is 31. The second-order valence-corrected chi connectivity index (χ2v) is 12.0. The van der Waals surface area contributed by atoms with Crippen molar-refractivity contribution in [3.05, 3.63) is 11.6 Å². The average molecular weight is 505 g/mol. The van der Waals surface area contributed by atoms with Crippen molar-refractivity contribution in [2.45, 2.75) is 220 Å². The van der Waals surface area contributed by atoms with Gasteiger partial charge in [0.1, 0.15) is 0 Å². The van der Waals surface area contributed by atoms with Gasteiger partial charge < -0.3 is 0 Å². The Bertz CT molecular complexity index is 406. The highest BCUT2D eigenvalue weighted by molar-refractivity contribution is 5.02. The molecule has 0 amide bonds. The highest BCUT2D eigenvalue weighted by Crippen LogP contribution is 2.21. The Morgan fingerprint density at radius 3 is 0.861 bits per heavy atom. The van der Waals surface area contributed by atoms with Crippen LogP contribution in [0, 0.1) is 0 Å². The van der Waals surface area contributed by atoms with Crippen LogP contribution >= 0.6 is 0 Å². The molecule has 0 nitrogen and oxygen atoms in total. The zero-order valence-corrected chi connectivity index (χ0v) is 26.0. The highest BCUT2D eigenvalue weighted by atomic mass is 14.1. The van der Waals surface area contributed by atoms with E-state index in [2.05, 4.69) is 26.8 Å². The van der Waals surface area contributed by atoms with Crippen LogP contribution in [0.2, 0.25) is 0 Å². The van der Waals surface area contributed by atoms with Gasteiger partial charge in [-0.05, 0) is 38.5 Å². The molecule has 0 radical (unpaired) electrons. The van der Waals surface area contributed by atoms with E-state index in [0.29, 0.717) is 0 Å². The van der Waals surface area contributed by atoms with Crippen LogP contribution in [-0.4, -0.2) is 0 Å². The molecule has 0 aromatic carbocycles. The number of hydrogen-bond donors (Lipinski definition) is 0. The minimum absolute atomic E-state index is 1.34. The summed E-state index contributed by atoms with van der Waals surface area (Å²) < 4.78 is 0. The van der Waals surface area contributed by atoms with Crippen LogP contribution in [0.4, 0.5) is 0 Å². The first-order chi connectivity index (χ1) is 17.8. The van der Waals surface area contributed by atoms with Crippen LogP contribution < -0.4 is 0 Å². The molecule has 0 saturated carbocycles. The standard InChI is InChI=1S/C36H72/c1-4-7-10-13-16-17-18-19-20-21-22-23-24-26-29-32-35-36(33-30-27-15-12-9-6-3)34-31-28-25-14-11-8-5-2/h34H,4-33,35H2,1-3H3/b36-34+. The lowest BCUT2D eigenvalue weighted by Gasteiger charge is -2.09. The van der Waals surface area contributed by atoms with Crippen molar-refractivity contribution in [1.29, 1.82) is 0 Å². The van der Waals surface area contributed by atoms with Crippen molar-refractivity contribution in [3.63, 3.8) is 0 Å². The first kappa shape index (κ1) is 35.7. The molecule has 0 saturated heterocycles. The van der Waals surface area contributed by atoms with E-state index in [1.165, 1.54) is 199 Å². The molecule has 0 aliphatic heterocycles. The predicted molar refractivity (Wildman–Crippen MR) is 168 cm³/mol. The molecule has 0 N–H and O–H groups in total. The van der Waals surface area contributed by atoms with E-state index in [1.807, 2.05) is 5.57 Å². The molecule has 0 atom stereocenters. The maximum atomic E-state index is 2.66. The van der Waals surface area contributed by atoms with Crippen LogP contribution in [0.25, 0.3) is 0 Å². The monoisotopic (exact) mass is 505 g/mol. The lowest BCUT2D eigenvalue weighted by molar-refractivity contribution is 0.528. The lowest BCUT2D eigenvalue weighted by atomic mass is 9.97. The Hall–Kier alpha value is -0.260.